The van der Waals surface area contributed by atoms with Gasteiger partial charge in [0, 0.05) is 9.80 Å². The predicted molar refractivity (Wildman–Crippen MR) is 53.0 cm³/mol. The van der Waals surface area contributed by atoms with Crippen LogP contribution < -0.4 is 0 Å². The molecule has 1 rings (SSSR count). The van der Waals surface area contributed by atoms with E-state index in [1.807, 2.05) is 18.2 Å². The molecule has 0 bridgehead atoms. The van der Waals surface area contributed by atoms with Crippen LogP contribution in [0.3, 0.4) is 0 Å². The second-order valence-corrected chi connectivity index (χ2v) is 3.40. The molecule has 1 nitrogen and oxygen atoms in total. The van der Waals surface area contributed by atoms with Crippen LogP contribution >= 0.6 is 31.9 Å². The van der Waals surface area contributed by atoms with E-state index < -0.39 is 0 Å². The molecule has 0 aliphatic rings. The maximum Gasteiger partial charge on any atom is 0.192 e. The number of hydrogen-bond acceptors (Lipinski definition) is 0. The maximum absolute atomic E-state index is 6.87. The van der Waals surface area contributed by atoms with Gasteiger partial charge >= 0.3 is 0 Å². The van der Waals surface area contributed by atoms with Crippen molar-refractivity contribution >= 4 is 37.5 Å². The van der Waals surface area contributed by atoms with Gasteiger partial charge < -0.3 is 0 Å². The molecule has 0 aliphatic heterocycles. The van der Waals surface area contributed by atoms with Gasteiger partial charge in [-0.25, -0.2) is 4.85 Å². The summed E-state index contributed by atoms with van der Waals surface area (Å²) in [5.41, 5.74) is 1.72. The van der Waals surface area contributed by atoms with E-state index in [0.29, 0.717) is 11.0 Å². The van der Waals surface area contributed by atoms with Gasteiger partial charge in [-0.2, -0.15) is 0 Å². The van der Waals surface area contributed by atoms with Crippen LogP contribution in [0.25, 0.3) is 4.85 Å². The standard InChI is InChI=1S/C8H5Br2N/c1-11-8-4-2-3-7(10)6(8)5-9/h2-4H,5H2. The Hall–Kier alpha value is -0.330. The monoisotopic (exact) mass is 273 g/mol. The van der Waals surface area contributed by atoms with Crippen LogP contribution in [0.4, 0.5) is 5.69 Å². The van der Waals surface area contributed by atoms with E-state index in [9.17, 15) is 0 Å². The van der Waals surface area contributed by atoms with Crippen LogP contribution in [-0.2, 0) is 5.33 Å². The van der Waals surface area contributed by atoms with Gasteiger partial charge in [0.15, 0.2) is 5.69 Å². The van der Waals surface area contributed by atoms with Crippen molar-refractivity contribution in [1.29, 1.82) is 0 Å². The molecule has 1 aromatic carbocycles. The zero-order valence-electron chi connectivity index (χ0n) is 5.64. The van der Waals surface area contributed by atoms with E-state index >= 15 is 0 Å². The molecule has 0 N–H and O–H groups in total. The van der Waals surface area contributed by atoms with E-state index in [1.54, 1.807) is 0 Å². The Balaban J connectivity index is 3.27. The number of benzene rings is 1. The van der Waals surface area contributed by atoms with Crippen LogP contribution in [0.15, 0.2) is 22.7 Å². The topological polar surface area (TPSA) is 4.36 Å². The molecule has 0 aliphatic carbocycles. The molecule has 56 valence electrons. The number of alkyl halides is 1. The SMILES string of the molecule is [C-]#[N+]c1cccc(Br)c1CBr. The van der Waals surface area contributed by atoms with Gasteiger partial charge in [0.1, 0.15) is 0 Å². The Morgan fingerprint density at radius 3 is 2.64 bits per heavy atom. The maximum atomic E-state index is 6.87. The Morgan fingerprint density at radius 2 is 2.18 bits per heavy atom. The Bertz CT molecular complexity index is 301. The van der Waals surface area contributed by atoms with Crippen molar-refractivity contribution in [2.45, 2.75) is 5.33 Å². The molecule has 11 heavy (non-hydrogen) atoms. The normalized spacial score (nSPS) is 9.18. The fraction of sp³-hybridized carbons (Fsp3) is 0.125. The number of hydrogen-bond donors (Lipinski definition) is 0. The van der Waals surface area contributed by atoms with E-state index in [4.69, 9.17) is 6.57 Å². The summed E-state index contributed by atoms with van der Waals surface area (Å²) >= 11 is 6.70. The average Bonchev–Trinajstić information content (AvgIpc) is 2.04. The van der Waals surface area contributed by atoms with Gasteiger partial charge in [0.05, 0.1) is 6.57 Å². The number of halogens is 2. The van der Waals surface area contributed by atoms with Gasteiger partial charge in [-0.05, 0) is 5.56 Å². The van der Waals surface area contributed by atoms with Crippen molar-refractivity contribution in [3.05, 3.63) is 39.7 Å². The molecular weight excluding hydrogens is 270 g/mol. The van der Waals surface area contributed by atoms with E-state index in [2.05, 4.69) is 36.7 Å². The van der Waals surface area contributed by atoms with Crippen molar-refractivity contribution in [2.24, 2.45) is 0 Å². The van der Waals surface area contributed by atoms with Crippen LogP contribution in [0.5, 0.6) is 0 Å². The molecule has 0 heterocycles. The minimum absolute atomic E-state index is 0.705. The van der Waals surface area contributed by atoms with Crippen molar-refractivity contribution in [3.63, 3.8) is 0 Å². The van der Waals surface area contributed by atoms with Crippen molar-refractivity contribution in [2.75, 3.05) is 0 Å². The molecule has 0 amide bonds. The van der Waals surface area contributed by atoms with Gasteiger partial charge in [-0.3, -0.25) is 0 Å². The lowest BCUT2D eigenvalue weighted by atomic mass is 10.2. The first kappa shape index (κ1) is 8.76. The Kier molecular flexibility index (Phi) is 3.10. The Labute approximate surface area is 82.5 Å². The quantitative estimate of drug-likeness (QED) is 0.541. The molecule has 0 aromatic heterocycles. The molecule has 0 spiro atoms. The minimum Gasteiger partial charge on any atom is -0.238 e. The second-order valence-electron chi connectivity index (χ2n) is 1.98. The Morgan fingerprint density at radius 1 is 1.45 bits per heavy atom. The van der Waals surface area contributed by atoms with Gasteiger partial charge in [-0.15, -0.1) is 0 Å². The molecule has 3 heteroatoms. The molecule has 0 fully saturated rings. The van der Waals surface area contributed by atoms with Crippen LogP contribution in [0.2, 0.25) is 0 Å². The third-order valence-electron chi connectivity index (χ3n) is 1.35. The molecule has 0 saturated carbocycles. The predicted octanol–water partition coefficient (Wildman–Crippen LogP) is 3.89. The van der Waals surface area contributed by atoms with Gasteiger partial charge in [0.25, 0.3) is 0 Å². The summed E-state index contributed by atoms with van der Waals surface area (Å²) in [6.07, 6.45) is 0. The summed E-state index contributed by atoms with van der Waals surface area (Å²) in [6.45, 7) is 6.87. The van der Waals surface area contributed by atoms with E-state index in [-0.39, 0.29) is 0 Å². The summed E-state index contributed by atoms with van der Waals surface area (Å²) < 4.78 is 0.989. The first-order valence-corrected chi connectivity index (χ1v) is 4.92. The first-order chi connectivity index (χ1) is 5.29. The van der Waals surface area contributed by atoms with Crippen molar-refractivity contribution < 1.29 is 0 Å². The van der Waals surface area contributed by atoms with Gasteiger partial charge in [-0.1, -0.05) is 50.1 Å². The average molecular weight is 275 g/mol. The lowest BCUT2D eigenvalue weighted by Crippen LogP contribution is -1.78. The highest BCUT2D eigenvalue weighted by Crippen LogP contribution is 2.28. The molecule has 0 saturated heterocycles. The lowest BCUT2D eigenvalue weighted by molar-refractivity contribution is 1.41. The van der Waals surface area contributed by atoms with Crippen LogP contribution in [0.1, 0.15) is 5.56 Å². The third kappa shape index (κ3) is 1.82. The third-order valence-corrected chi connectivity index (χ3v) is 2.65. The highest BCUT2D eigenvalue weighted by atomic mass is 79.9. The van der Waals surface area contributed by atoms with Gasteiger partial charge in [0.2, 0.25) is 0 Å². The zero-order valence-corrected chi connectivity index (χ0v) is 8.81. The van der Waals surface area contributed by atoms with E-state index in [0.717, 1.165) is 10.0 Å². The summed E-state index contributed by atoms with van der Waals surface area (Å²) in [7, 11) is 0. The molecule has 0 atom stereocenters. The van der Waals surface area contributed by atoms with Crippen LogP contribution in [0, 0.1) is 6.57 Å². The highest BCUT2D eigenvalue weighted by molar-refractivity contribution is 9.10. The summed E-state index contributed by atoms with van der Waals surface area (Å²) in [5.74, 6) is 0. The lowest BCUT2D eigenvalue weighted by Gasteiger charge is -2.00. The fourth-order valence-electron chi connectivity index (χ4n) is 0.784. The molecule has 0 radical (unpaired) electrons. The van der Waals surface area contributed by atoms with Crippen LogP contribution in [-0.4, -0.2) is 0 Å². The fourth-order valence-corrected chi connectivity index (χ4v) is 2.25. The summed E-state index contributed by atoms with van der Waals surface area (Å²) in [5, 5.41) is 0.714. The molecule has 0 unspecified atom stereocenters. The second kappa shape index (κ2) is 3.89. The minimum atomic E-state index is 0.705. The highest BCUT2D eigenvalue weighted by Gasteiger charge is 2.03. The largest absolute Gasteiger partial charge is 0.238 e. The summed E-state index contributed by atoms with van der Waals surface area (Å²) in [6, 6.07) is 5.61. The number of rotatable bonds is 1. The molecule has 1 aromatic rings. The first-order valence-electron chi connectivity index (χ1n) is 3.00. The van der Waals surface area contributed by atoms with Crippen molar-refractivity contribution in [3.8, 4) is 0 Å². The number of nitrogens with zero attached hydrogens (tertiary/aromatic N) is 1. The van der Waals surface area contributed by atoms with E-state index in [1.165, 1.54) is 0 Å². The molecular formula is C8H5Br2N. The smallest absolute Gasteiger partial charge is 0.192 e. The summed E-state index contributed by atoms with van der Waals surface area (Å²) in [4.78, 5) is 3.39. The zero-order chi connectivity index (χ0) is 8.27. The van der Waals surface area contributed by atoms with Crippen molar-refractivity contribution in [1.82, 2.24) is 0 Å².